The van der Waals surface area contributed by atoms with Crippen LogP contribution in [0.3, 0.4) is 0 Å². The molecule has 2 aliphatic heterocycles. The first-order valence-corrected chi connectivity index (χ1v) is 12.6. The van der Waals surface area contributed by atoms with E-state index in [1.807, 2.05) is 0 Å². The molecule has 2 aromatic rings. The lowest BCUT2D eigenvalue weighted by atomic mass is 9.83. The number of aliphatic hydroxyl groups is 3. The smallest absolute Gasteiger partial charge is 0.349 e. The van der Waals surface area contributed by atoms with E-state index in [4.69, 9.17) is 23.5 Å². The van der Waals surface area contributed by atoms with E-state index in [1.165, 1.54) is 13.2 Å². The molecule has 38 heavy (non-hydrogen) atoms. The van der Waals surface area contributed by atoms with Crippen molar-refractivity contribution in [3.8, 4) is 5.75 Å². The normalized spacial score (nSPS) is 29.1. The second-order valence-electron chi connectivity index (χ2n) is 9.88. The van der Waals surface area contributed by atoms with Gasteiger partial charge in [0.05, 0.1) is 30.9 Å². The number of hydrogen-bond acceptors (Lipinski definition) is 12. The molecular weight excluding hydrogens is 500 g/mol. The lowest BCUT2D eigenvalue weighted by molar-refractivity contribution is -0.279. The molecule has 0 amide bonds. The topological polar surface area (TPSA) is 164 Å². The number of fused-ring (bicyclic) bond motifs is 1. The first-order valence-electron chi connectivity index (χ1n) is 12.6. The average Bonchev–Trinajstić information content (AvgIpc) is 2.90. The minimum Gasteiger partial charge on any atom is -0.506 e. The SMILES string of the molecule is CO[C@@H]1[C@H](O)[C@@H](O)[C@H](c2ccc3c(O)c(C(C)=NOCCN4CCOCC4)c(=O)oc3c2C)O[C@]1(C)CO. The summed E-state index contributed by atoms with van der Waals surface area (Å²) < 4.78 is 22.2. The van der Waals surface area contributed by atoms with Crippen molar-refractivity contribution in [3.63, 3.8) is 0 Å². The predicted octanol–water partition coefficient (Wildman–Crippen LogP) is 0.439. The van der Waals surface area contributed by atoms with Crippen LogP contribution in [0.1, 0.15) is 36.6 Å². The monoisotopic (exact) mass is 536 g/mol. The van der Waals surface area contributed by atoms with Crippen LogP contribution in [0.4, 0.5) is 0 Å². The number of morpholine rings is 1. The Morgan fingerprint density at radius 3 is 2.61 bits per heavy atom. The van der Waals surface area contributed by atoms with Crippen LogP contribution >= 0.6 is 0 Å². The van der Waals surface area contributed by atoms with Gasteiger partial charge in [-0.05, 0) is 38.0 Å². The first-order chi connectivity index (χ1) is 18.1. The second kappa shape index (κ2) is 11.7. The summed E-state index contributed by atoms with van der Waals surface area (Å²) in [7, 11) is 1.36. The maximum atomic E-state index is 12.9. The molecular formula is C26H36N2O10. The number of nitrogens with zero attached hydrogens (tertiary/aromatic N) is 2. The van der Waals surface area contributed by atoms with E-state index >= 15 is 0 Å². The number of oxime groups is 1. The van der Waals surface area contributed by atoms with Crippen molar-refractivity contribution in [3.05, 3.63) is 39.2 Å². The molecule has 0 aliphatic carbocycles. The van der Waals surface area contributed by atoms with E-state index in [2.05, 4.69) is 10.1 Å². The Kier molecular flexibility index (Phi) is 8.72. The molecule has 4 rings (SSSR count). The quantitative estimate of drug-likeness (QED) is 0.160. The van der Waals surface area contributed by atoms with Crippen molar-refractivity contribution < 1.29 is 43.9 Å². The van der Waals surface area contributed by atoms with Crippen LogP contribution in [0.25, 0.3) is 11.0 Å². The van der Waals surface area contributed by atoms with Crippen LogP contribution in [-0.2, 0) is 19.0 Å². The van der Waals surface area contributed by atoms with Crippen molar-refractivity contribution in [2.24, 2.45) is 5.16 Å². The van der Waals surface area contributed by atoms with Gasteiger partial charge in [0.15, 0.2) is 0 Å². The molecule has 210 valence electrons. The highest BCUT2D eigenvalue weighted by atomic mass is 16.6. The van der Waals surface area contributed by atoms with Crippen molar-refractivity contribution in [2.45, 2.75) is 50.8 Å². The molecule has 2 saturated heterocycles. The number of methoxy groups -OCH3 is 1. The van der Waals surface area contributed by atoms with Crippen LogP contribution in [0.5, 0.6) is 5.75 Å². The van der Waals surface area contributed by atoms with Crippen molar-refractivity contribution in [2.75, 3.05) is 53.2 Å². The zero-order chi connectivity index (χ0) is 27.6. The van der Waals surface area contributed by atoms with Gasteiger partial charge in [-0.15, -0.1) is 0 Å². The summed E-state index contributed by atoms with van der Waals surface area (Å²) in [6.07, 6.45) is -4.77. The second-order valence-corrected chi connectivity index (χ2v) is 9.88. The van der Waals surface area contributed by atoms with Crippen LogP contribution in [0, 0.1) is 6.92 Å². The van der Waals surface area contributed by atoms with Gasteiger partial charge in [0.2, 0.25) is 0 Å². The lowest BCUT2D eigenvalue weighted by Gasteiger charge is -2.48. The number of rotatable bonds is 8. The Bertz CT molecular complexity index is 1220. The number of aliphatic hydroxyl groups excluding tert-OH is 3. The fourth-order valence-electron chi connectivity index (χ4n) is 5.12. The van der Waals surface area contributed by atoms with Gasteiger partial charge in [-0.1, -0.05) is 11.2 Å². The standard InChI is InChI=1S/C26H36N2O10/c1-14-16(23-20(31)21(32)24(34-4)26(3,13-29)38-23)5-6-17-19(30)18(25(33)37-22(14)17)15(2)27-36-12-9-28-7-10-35-11-8-28/h5-6,20-21,23-24,29-32H,7-13H2,1-4H3/t20-,21-,23+,24-,26-/m1/s1. The molecule has 0 spiro atoms. The molecule has 4 N–H and O–H groups in total. The summed E-state index contributed by atoms with van der Waals surface area (Å²) in [6, 6.07) is 3.14. The molecule has 2 aliphatic rings. The maximum Gasteiger partial charge on any atom is 0.349 e. The zero-order valence-electron chi connectivity index (χ0n) is 22.0. The molecule has 0 bridgehead atoms. The van der Waals surface area contributed by atoms with Crippen molar-refractivity contribution in [1.82, 2.24) is 4.90 Å². The van der Waals surface area contributed by atoms with Crippen LogP contribution < -0.4 is 5.63 Å². The minimum absolute atomic E-state index is 0.0969. The Balaban J connectivity index is 1.61. The third-order valence-electron chi connectivity index (χ3n) is 7.35. The first kappa shape index (κ1) is 28.4. The Morgan fingerprint density at radius 1 is 1.24 bits per heavy atom. The van der Waals surface area contributed by atoms with Crippen LogP contribution in [-0.4, -0.2) is 108 Å². The van der Waals surface area contributed by atoms with E-state index in [0.29, 0.717) is 37.5 Å². The number of aryl methyl sites for hydroxylation is 1. The molecule has 1 aromatic heterocycles. The highest BCUT2D eigenvalue weighted by molar-refractivity contribution is 6.04. The summed E-state index contributed by atoms with van der Waals surface area (Å²) in [6.45, 7) is 8.25. The van der Waals surface area contributed by atoms with Crippen LogP contribution in [0.15, 0.2) is 26.5 Å². The predicted molar refractivity (Wildman–Crippen MR) is 136 cm³/mol. The van der Waals surface area contributed by atoms with E-state index in [0.717, 1.165) is 13.1 Å². The zero-order valence-corrected chi connectivity index (χ0v) is 22.0. The van der Waals surface area contributed by atoms with Gasteiger partial charge in [-0.3, -0.25) is 4.90 Å². The van der Waals surface area contributed by atoms with E-state index in [-0.39, 0.29) is 28.0 Å². The van der Waals surface area contributed by atoms with Gasteiger partial charge in [-0.25, -0.2) is 4.79 Å². The Hall–Kier alpha value is -2.58. The maximum absolute atomic E-state index is 12.9. The molecule has 0 radical (unpaired) electrons. The molecule has 12 heteroatoms. The summed E-state index contributed by atoms with van der Waals surface area (Å²) >= 11 is 0. The summed E-state index contributed by atoms with van der Waals surface area (Å²) in [4.78, 5) is 20.5. The van der Waals surface area contributed by atoms with E-state index in [9.17, 15) is 25.2 Å². The molecule has 1 aromatic carbocycles. The number of ether oxygens (including phenoxy) is 3. The highest BCUT2D eigenvalue weighted by Gasteiger charge is 2.52. The third kappa shape index (κ3) is 5.30. The molecule has 2 fully saturated rings. The number of hydrogen-bond donors (Lipinski definition) is 4. The van der Waals surface area contributed by atoms with Gasteiger partial charge in [-0.2, -0.15) is 0 Å². The fourth-order valence-corrected chi connectivity index (χ4v) is 5.12. The summed E-state index contributed by atoms with van der Waals surface area (Å²) in [5.41, 5.74) is -1.12. The minimum atomic E-state index is -1.39. The Morgan fingerprint density at radius 2 is 1.95 bits per heavy atom. The third-order valence-corrected chi connectivity index (χ3v) is 7.35. The average molecular weight is 537 g/mol. The van der Waals surface area contributed by atoms with Gasteiger partial charge in [0.1, 0.15) is 53.5 Å². The fraction of sp³-hybridized carbons (Fsp3) is 0.615. The van der Waals surface area contributed by atoms with Gasteiger partial charge in [0.25, 0.3) is 0 Å². The number of benzene rings is 1. The lowest BCUT2D eigenvalue weighted by Crippen LogP contribution is -2.62. The highest BCUT2D eigenvalue weighted by Crippen LogP contribution is 2.42. The molecule has 0 saturated carbocycles. The van der Waals surface area contributed by atoms with Gasteiger partial charge < -0.3 is 43.9 Å². The molecule has 5 atom stereocenters. The van der Waals surface area contributed by atoms with Crippen LogP contribution in [0.2, 0.25) is 0 Å². The number of aromatic hydroxyl groups is 1. The summed E-state index contributed by atoms with van der Waals surface area (Å²) in [5, 5.41) is 46.7. The van der Waals surface area contributed by atoms with Gasteiger partial charge in [0, 0.05) is 26.7 Å². The van der Waals surface area contributed by atoms with Crippen molar-refractivity contribution >= 4 is 16.7 Å². The van der Waals surface area contributed by atoms with E-state index < -0.39 is 42.2 Å². The van der Waals surface area contributed by atoms with Gasteiger partial charge >= 0.3 is 5.63 Å². The molecule has 12 nitrogen and oxygen atoms in total. The molecule has 0 unspecified atom stereocenters. The Labute approximate surface area is 220 Å². The molecule has 3 heterocycles. The van der Waals surface area contributed by atoms with E-state index in [1.54, 1.807) is 26.8 Å². The largest absolute Gasteiger partial charge is 0.506 e. The van der Waals surface area contributed by atoms with Crippen molar-refractivity contribution in [1.29, 1.82) is 0 Å². The summed E-state index contributed by atoms with van der Waals surface area (Å²) in [5.74, 6) is -0.311.